The molecule has 0 saturated heterocycles. The van der Waals surface area contributed by atoms with Gasteiger partial charge in [-0.3, -0.25) is 14.4 Å². The Bertz CT molecular complexity index is 1420. The van der Waals surface area contributed by atoms with Gasteiger partial charge >= 0.3 is 18.2 Å². The van der Waals surface area contributed by atoms with Gasteiger partial charge in [0.05, 0.1) is 24.8 Å². The fourth-order valence-corrected chi connectivity index (χ4v) is 6.96. The third-order valence-electron chi connectivity index (χ3n) is 6.53. The number of carbonyl (C=O) groups is 2. The van der Waals surface area contributed by atoms with Crippen LogP contribution in [0.15, 0.2) is 23.2 Å². The summed E-state index contributed by atoms with van der Waals surface area (Å²) in [6.07, 6.45) is -5.33. The molecule has 16 heteroatoms. The van der Waals surface area contributed by atoms with E-state index in [-0.39, 0.29) is 52.7 Å². The van der Waals surface area contributed by atoms with Crippen LogP contribution in [0.1, 0.15) is 57.9 Å². The van der Waals surface area contributed by atoms with E-state index in [4.69, 9.17) is 9.47 Å². The lowest BCUT2D eigenvalue weighted by Crippen LogP contribution is -2.45. The Balaban J connectivity index is 1.71. The van der Waals surface area contributed by atoms with Crippen LogP contribution < -0.4 is 19.1 Å². The lowest BCUT2D eigenvalue weighted by Gasteiger charge is -2.36. The van der Waals surface area contributed by atoms with Gasteiger partial charge in [0.1, 0.15) is 16.9 Å². The predicted molar refractivity (Wildman–Crippen MR) is 142 cm³/mol. The molecule has 2 heterocycles. The number of amides is 1. The van der Waals surface area contributed by atoms with Gasteiger partial charge in [-0.1, -0.05) is 18.3 Å². The van der Waals surface area contributed by atoms with Crippen molar-refractivity contribution in [3.05, 3.63) is 23.2 Å². The van der Waals surface area contributed by atoms with E-state index in [0.29, 0.717) is 18.9 Å². The number of hydrogen-bond acceptors (Lipinski definition) is 9. The second-order valence-electron chi connectivity index (χ2n) is 10.3. The molecule has 1 fully saturated rings. The van der Waals surface area contributed by atoms with Gasteiger partial charge in [0.15, 0.2) is 0 Å². The smallest absolute Gasteiger partial charge is 0.427 e. The summed E-state index contributed by atoms with van der Waals surface area (Å²) in [7, 11) is -4.41. The van der Waals surface area contributed by atoms with E-state index in [1.54, 1.807) is 6.92 Å². The van der Waals surface area contributed by atoms with Crippen LogP contribution in [0.2, 0.25) is 0 Å². The average molecular weight is 622 g/mol. The molecule has 11 nitrogen and oxygen atoms in total. The quantitative estimate of drug-likeness (QED) is 0.357. The van der Waals surface area contributed by atoms with Gasteiger partial charge in [0.2, 0.25) is 15.7 Å². The maximum absolute atomic E-state index is 14.1. The van der Waals surface area contributed by atoms with Gasteiger partial charge in [0.25, 0.3) is 10.0 Å². The van der Waals surface area contributed by atoms with Crippen LogP contribution in [0.3, 0.4) is 0 Å². The van der Waals surface area contributed by atoms with E-state index in [2.05, 4.69) is 15.0 Å². The Morgan fingerprint density at radius 1 is 1.29 bits per heavy atom. The molecule has 226 valence electrons. The fourth-order valence-electron chi connectivity index (χ4n) is 3.97. The Kier molecular flexibility index (Phi) is 8.38. The van der Waals surface area contributed by atoms with Gasteiger partial charge in [-0.25, -0.2) is 9.78 Å². The summed E-state index contributed by atoms with van der Waals surface area (Å²) in [5.74, 6) is -1.72. The van der Waals surface area contributed by atoms with Gasteiger partial charge in [-0.2, -0.15) is 21.6 Å². The van der Waals surface area contributed by atoms with Gasteiger partial charge < -0.3 is 19.3 Å². The molecule has 2 aliphatic rings. The third-order valence-corrected chi connectivity index (χ3v) is 9.48. The number of benzene rings is 1. The standard InChI is InChI=1S/C25H30F3N3O8S2/c1-5-37-22-20(30-19(40-22)14-6-7-14)41(35,36)31-12-16(10-13(2)21(32)33)38-18-9-8-15(11-17(18)31)29-23(34)39-24(3,4)25(26,27)28/h8-9,11,13-14,16H,5-7,10,12H2,1-4H3,(H,29,34)(H,32,33). The van der Waals surface area contributed by atoms with Crippen molar-refractivity contribution in [3.63, 3.8) is 0 Å². The van der Waals surface area contributed by atoms with E-state index in [1.807, 2.05) is 0 Å². The number of aromatic nitrogens is 1. The Labute approximate surface area is 238 Å². The first-order valence-electron chi connectivity index (χ1n) is 12.8. The van der Waals surface area contributed by atoms with Crippen LogP contribution in [0.5, 0.6) is 10.8 Å². The van der Waals surface area contributed by atoms with E-state index in [0.717, 1.165) is 28.5 Å². The van der Waals surface area contributed by atoms with Crippen molar-refractivity contribution < 1.29 is 50.5 Å². The van der Waals surface area contributed by atoms with Crippen LogP contribution in [0.25, 0.3) is 0 Å². The number of thiazole rings is 1. The zero-order valence-electron chi connectivity index (χ0n) is 22.6. The summed E-state index contributed by atoms with van der Waals surface area (Å²) < 4.78 is 84.8. The highest BCUT2D eigenvalue weighted by Crippen LogP contribution is 2.47. The average Bonchev–Trinajstić information content (AvgIpc) is 3.62. The molecular formula is C25H30F3N3O8S2. The lowest BCUT2D eigenvalue weighted by atomic mass is 10.0. The number of ether oxygens (including phenoxy) is 3. The largest absolute Gasteiger partial charge is 0.486 e. The topological polar surface area (TPSA) is 144 Å². The monoisotopic (exact) mass is 621 g/mol. The minimum absolute atomic E-state index is 0.0116. The molecular weight excluding hydrogens is 591 g/mol. The molecule has 2 aromatic rings. The number of carboxylic acids is 1. The highest BCUT2D eigenvalue weighted by molar-refractivity contribution is 7.93. The number of hydrogen-bond donors (Lipinski definition) is 2. The number of rotatable bonds is 10. The highest BCUT2D eigenvalue weighted by atomic mass is 32.2. The third kappa shape index (κ3) is 6.63. The number of sulfonamides is 1. The van der Waals surface area contributed by atoms with E-state index in [9.17, 15) is 36.3 Å². The van der Waals surface area contributed by atoms with Crippen molar-refractivity contribution >= 4 is 44.8 Å². The summed E-state index contributed by atoms with van der Waals surface area (Å²) in [5, 5.41) is 12.0. The van der Waals surface area contributed by atoms with Crippen molar-refractivity contribution in [2.24, 2.45) is 5.92 Å². The molecule has 0 bridgehead atoms. The molecule has 1 aromatic heterocycles. The normalized spacial score (nSPS) is 18.2. The van der Waals surface area contributed by atoms with E-state index < -0.39 is 45.9 Å². The number of anilines is 2. The summed E-state index contributed by atoms with van der Waals surface area (Å²) in [6, 6.07) is 3.86. The fraction of sp³-hybridized carbons (Fsp3) is 0.560. The van der Waals surface area contributed by atoms with Crippen molar-refractivity contribution in [3.8, 4) is 10.8 Å². The molecule has 1 saturated carbocycles. The Morgan fingerprint density at radius 2 is 1.98 bits per heavy atom. The molecule has 41 heavy (non-hydrogen) atoms. The number of nitrogens with zero attached hydrogens (tertiary/aromatic N) is 2. The number of nitrogens with one attached hydrogen (secondary N) is 1. The second-order valence-corrected chi connectivity index (χ2v) is 13.1. The molecule has 1 aliphatic heterocycles. The first-order valence-corrected chi connectivity index (χ1v) is 15.1. The minimum Gasteiger partial charge on any atom is -0.486 e. The molecule has 2 unspecified atom stereocenters. The van der Waals surface area contributed by atoms with Crippen molar-refractivity contribution in [1.29, 1.82) is 0 Å². The summed E-state index contributed by atoms with van der Waals surface area (Å²) in [4.78, 5) is 28.2. The predicted octanol–water partition coefficient (Wildman–Crippen LogP) is 5.38. The molecule has 2 N–H and O–H groups in total. The molecule has 1 aliphatic carbocycles. The number of halogens is 3. The SMILES string of the molecule is CCOc1sc(C2CC2)nc1S(=O)(=O)N1CC(CC(C)C(=O)O)Oc2ccc(NC(=O)OC(C)(C)C(F)(F)F)cc21. The summed E-state index contributed by atoms with van der Waals surface area (Å²) in [5.41, 5.74) is -2.87. The van der Waals surface area contributed by atoms with Gasteiger partial charge in [0, 0.05) is 11.6 Å². The first kappa shape index (κ1) is 30.7. The number of fused-ring (bicyclic) bond motifs is 1. The number of carbonyl (C=O) groups excluding carboxylic acids is 1. The minimum atomic E-state index is -4.83. The van der Waals surface area contributed by atoms with Gasteiger partial charge in [-0.15, -0.1) is 0 Å². The van der Waals surface area contributed by atoms with Crippen LogP contribution in [-0.4, -0.2) is 61.6 Å². The molecule has 4 rings (SSSR count). The zero-order chi connectivity index (χ0) is 30.3. The Hall–Kier alpha value is -3.27. The summed E-state index contributed by atoms with van der Waals surface area (Å²) in [6.45, 7) is 4.47. The molecule has 0 spiro atoms. The maximum atomic E-state index is 14.1. The number of carboxylic acid groups (broad SMARTS) is 1. The highest BCUT2D eigenvalue weighted by Gasteiger charge is 2.51. The number of aliphatic carboxylic acids is 1. The maximum Gasteiger partial charge on any atom is 0.427 e. The van der Waals surface area contributed by atoms with Crippen LogP contribution in [-0.2, 0) is 19.6 Å². The van der Waals surface area contributed by atoms with Crippen molar-refractivity contribution in [2.75, 3.05) is 22.8 Å². The first-order chi connectivity index (χ1) is 19.0. The van der Waals surface area contributed by atoms with E-state index >= 15 is 0 Å². The van der Waals surface area contributed by atoms with Gasteiger partial charge in [-0.05, 0) is 58.2 Å². The molecule has 2 atom stereocenters. The lowest BCUT2D eigenvalue weighted by molar-refractivity contribution is -0.242. The molecule has 1 amide bonds. The van der Waals surface area contributed by atoms with Crippen molar-refractivity contribution in [1.82, 2.24) is 4.98 Å². The second kappa shape index (κ2) is 11.2. The molecule has 0 radical (unpaired) electrons. The van der Waals surface area contributed by atoms with Crippen LogP contribution >= 0.6 is 11.3 Å². The molecule has 1 aromatic carbocycles. The van der Waals surface area contributed by atoms with Crippen LogP contribution in [0, 0.1) is 5.92 Å². The number of alkyl halides is 3. The van der Waals surface area contributed by atoms with Crippen molar-refractivity contribution in [2.45, 2.75) is 75.8 Å². The van der Waals surface area contributed by atoms with Crippen LogP contribution in [0.4, 0.5) is 29.3 Å². The summed E-state index contributed by atoms with van der Waals surface area (Å²) >= 11 is 1.15. The zero-order valence-corrected chi connectivity index (χ0v) is 24.3. The van der Waals surface area contributed by atoms with E-state index in [1.165, 1.54) is 25.1 Å². The Morgan fingerprint density at radius 3 is 2.56 bits per heavy atom.